The molecule has 4 aromatic rings. The summed E-state index contributed by atoms with van der Waals surface area (Å²) >= 11 is 7.44. The Labute approximate surface area is 170 Å². The van der Waals surface area contributed by atoms with Gasteiger partial charge in [-0.3, -0.25) is 9.55 Å². The summed E-state index contributed by atoms with van der Waals surface area (Å²) in [6.45, 7) is 0. The van der Waals surface area contributed by atoms with E-state index in [0.717, 1.165) is 39.5 Å². The molecule has 0 spiro atoms. The zero-order valence-electron chi connectivity index (χ0n) is 14.4. The Morgan fingerprint density at radius 1 is 1.07 bits per heavy atom. The lowest BCUT2D eigenvalue weighted by atomic mass is 10.0. The number of imidazole rings is 1. The number of hydrogen-bond acceptors (Lipinski definition) is 4. The van der Waals surface area contributed by atoms with Crippen molar-refractivity contribution in [3.05, 3.63) is 65.9 Å². The van der Waals surface area contributed by atoms with Crippen LogP contribution in [0.3, 0.4) is 0 Å². The van der Waals surface area contributed by atoms with Gasteiger partial charge in [-0.2, -0.15) is 0 Å². The van der Waals surface area contributed by atoms with Crippen molar-refractivity contribution in [2.45, 2.75) is 5.16 Å². The number of nitrogens with one attached hydrogen (secondary N) is 1. The summed E-state index contributed by atoms with van der Waals surface area (Å²) < 4.78 is 11.0. The summed E-state index contributed by atoms with van der Waals surface area (Å²) in [6.07, 6.45) is 3.55. The Kier molecular flexibility index (Phi) is 5.27. The predicted octanol–water partition coefficient (Wildman–Crippen LogP) is 5.17. The van der Waals surface area contributed by atoms with Crippen molar-refractivity contribution < 1.29 is 14.4 Å². The van der Waals surface area contributed by atoms with E-state index in [1.165, 1.54) is 0 Å². The van der Waals surface area contributed by atoms with E-state index in [-0.39, 0.29) is 5.49 Å². The number of hydrogen-bond donors (Lipinski definition) is 3. The predicted molar refractivity (Wildman–Crippen MR) is 113 cm³/mol. The first-order chi connectivity index (χ1) is 13.4. The number of aromatic nitrogens is 3. The number of nitrogens with zero attached hydrogens (tertiary/aromatic N) is 2. The number of fused-ring (bicyclic) bond motifs is 1. The SMILES string of the molecule is O=P(O)(O)CSc1nc2cc(Cl)c(-c3ccc(-c4cccnc4)cc3)cc2[nH]1. The summed E-state index contributed by atoms with van der Waals surface area (Å²) in [4.78, 5) is 29.6. The number of aromatic amines is 1. The van der Waals surface area contributed by atoms with Crippen LogP contribution >= 0.6 is 31.0 Å². The first-order valence-electron chi connectivity index (χ1n) is 8.26. The molecule has 2 aromatic heterocycles. The van der Waals surface area contributed by atoms with Gasteiger partial charge >= 0.3 is 7.60 Å². The van der Waals surface area contributed by atoms with E-state index in [4.69, 9.17) is 21.4 Å². The number of H-pyrrole nitrogens is 1. The van der Waals surface area contributed by atoms with E-state index in [2.05, 4.69) is 15.0 Å². The molecular weight excluding hydrogens is 417 g/mol. The van der Waals surface area contributed by atoms with Gasteiger partial charge in [-0.15, -0.1) is 0 Å². The monoisotopic (exact) mass is 431 g/mol. The molecule has 4 rings (SSSR count). The lowest BCUT2D eigenvalue weighted by molar-refractivity contribution is 0.379. The molecule has 0 saturated heterocycles. The van der Waals surface area contributed by atoms with Gasteiger partial charge < -0.3 is 14.8 Å². The van der Waals surface area contributed by atoms with Crippen molar-refractivity contribution in [3.63, 3.8) is 0 Å². The summed E-state index contributed by atoms with van der Waals surface area (Å²) in [7, 11) is -4.10. The van der Waals surface area contributed by atoms with Crippen LogP contribution in [-0.4, -0.2) is 30.2 Å². The van der Waals surface area contributed by atoms with E-state index in [1.807, 2.05) is 48.7 Å². The van der Waals surface area contributed by atoms with Gasteiger partial charge in [-0.1, -0.05) is 53.7 Å². The maximum absolute atomic E-state index is 11.0. The maximum Gasteiger partial charge on any atom is 0.335 e. The molecule has 142 valence electrons. The molecule has 9 heteroatoms. The summed E-state index contributed by atoms with van der Waals surface area (Å²) in [6, 6.07) is 15.6. The number of pyridine rings is 1. The van der Waals surface area contributed by atoms with Crippen molar-refractivity contribution in [2.24, 2.45) is 0 Å². The third-order valence-corrected chi connectivity index (χ3v) is 6.75. The number of rotatable bonds is 5. The molecule has 0 amide bonds. The fourth-order valence-corrected chi connectivity index (χ4v) is 4.59. The fraction of sp³-hybridized carbons (Fsp3) is 0.0526. The average molecular weight is 432 g/mol. The van der Waals surface area contributed by atoms with E-state index in [1.54, 1.807) is 12.3 Å². The molecule has 6 nitrogen and oxygen atoms in total. The molecular formula is C19H15ClN3O3PS. The third-order valence-electron chi connectivity index (χ3n) is 4.11. The van der Waals surface area contributed by atoms with E-state index in [0.29, 0.717) is 15.7 Å². The zero-order chi connectivity index (χ0) is 19.7. The Morgan fingerprint density at radius 2 is 1.82 bits per heavy atom. The van der Waals surface area contributed by atoms with Crippen LogP contribution in [0, 0.1) is 0 Å². The Morgan fingerprint density at radius 3 is 2.50 bits per heavy atom. The highest BCUT2D eigenvalue weighted by Gasteiger charge is 2.16. The zero-order valence-corrected chi connectivity index (χ0v) is 16.9. The van der Waals surface area contributed by atoms with Crippen LogP contribution in [0.1, 0.15) is 0 Å². The van der Waals surface area contributed by atoms with E-state index >= 15 is 0 Å². The summed E-state index contributed by atoms with van der Waals surface area (Å²) in [5.41, 5.74) is 4.98. The third kappa shape index (κ3) is 4.29. The molecule has 0 aliphatic heterocycles. The minimum absolute atomic E-state index is 0.330. The van der Waals surface area contributed by atoms with Crippen molar-refractivity contribution in [3.8, 4) is 22.3 Å². The maximum atomic E-state index is 11.0. The molecule has 0 saturated carbocycles. The van der Waals surface area contributed by atoms with E-state index < -0.39 is 7.60 Å². The van der Waals surface area contributed by atoms with Gasteiger partial charge in [-0.05, 0) is 34.9 Å². The molecule has 0 unspecified atom stereocenters. The second kappa shape index (κ2) is 7.70. The quantitative estimate of drug-likeness (QED) is 0.298. The van der Waals surface area contributed by atoms with Crippen molar-refractivity contribution in [2.75, 3.05) is 5.49 Å². The number of benzene rings is 2. The van der Waals surface area contributed by atoms with Gasteiger partial charge in [0.1, 0.15) is 5.49 Å². The summed E-state index contributed by atoms with van der Waals surface area (Å²) in [5, 5.41) is 0.998. The highest BCUT2D eigenvalue weighted by atomic mass is 35.5. The second-order valence-corrected chi connectivity index (χ2v) is 9.59. The highest BCUT2D eigenvalue weighted by molar-refractivity contribution is 8.04. The molecule has 0 fully saturated rings. The Hall–Kier alpha value is -2.15. The highest BCUT2D eigenvalue weighted by Crippen LogP contribution is 2.41. The van der Waals surface area contributed by atoms with Crippen LogP contribution < -0.4 is 0 Å². The first kappa shape index (κ1) is 19.2. The van der Waals surface area contributed by atoms with Crippen molar-refractivity contribution in [1.29, 1.82) is 0 Å². The van der Waals surface area contributed by atoms with Crippen LogP contribution in [0.4, 0.5) is 0 Å². The van der Waals surface area contributed by atoms with Crippen LogP contribution in [0.5, 0.6) is 0 Å². The number of thioether (sulfide) groups is 1. The molecule has 0 aliphatic rings. The van der Waals surface area contributed by atoms with Gasteiger partial charge in [-0.25, -0.2) is 4.98 Å². The molecule has 2 aromatic carbocycles. The van der Waals surface area contributed by atoms with Gasteiger partial charge in [0.2, 0.25) is 0 Å². The van der Waals surface area contributed by atoms with Gasteiger partial charge in [0.15, 0.2) is 5.16 Å². The van der Waals surface area contributed by atoms with Crippen LogP contribution in [0.25, 0.3) is 33.3 Å². The Balaban J connectivity index is 1.65. The van der Waals surface area contributed by atoms with Crippen molar-refractivity contribution >= 4 is 42.0 Å². The van der Waals surface area contributed by atoms with Gasteiger partial charge in [0, 0.05) is 18.0 Å². The Bertz CT molecular complexity index is 1180. The molecule has 3 N–H and O–H groups in total. The minimum Gasteiger partial charge on any atom is -0.333 e. The molecule has 0 bridgehead atoms. The van der Waals surface area contributed by atoms with Crippen LogP contribution in [0.15, 0.2) is 66.1 Å². The normalized spacial score (nSPS) is 11.8. The lowest BCUT2D eigenvalue weighted by Gasteiger charge is -2.07. The average Bonchev–Trinajstić information content (AvgIpc) is 3.08. The summed E-state index contributed by atoms with van der Waals surface area (Å²) in [5.74, 6) is 0. The van der Waals surface area contributed by atoms with Crippen LogP contribution in [-0.2, 0) is 4.57 Å². The number of halogens is 1. The molecule has 0 atom stereocenters. The first-order valence-corrected chi connectivity index (χ1v) is 11.4. The largest absolute Gasteiger partial charge is 0.335 e. The second-order valence-electron chi connectivity index (χ2n) is 6.15. The van der Waals surface area contributed by atoms with Gasteiger partial charge in [0.05, 0.1) is 16.1 Å². The fourth-order valence-electron chi connectivity index (χ4n) is 2.82. The molecule has 28 heavy (non-hydrogen) atoms. The minimum atomic E-state index is -4.10. The van der Waals surface area contributed by atoms with Gasteiger partial charge in [0.25, 0.3) is 0 Å². The van der Waals surface area contributed by atoms with E-state index in [9.17, 15) is 4.57 Å². The topological polar surface area (TPSA) is 99.1 Å². The van der Waals surface area contributed by atoms with Crippen LogP contribution in [0.2, 0.25) is 5.02 Å². The smallest absolute Gasteiger partial charge is 0.333 e. The molecule has 0 radical (unpaired) electrons. The standard InChI is InChI=1S/C19H15ClN3O3PS/c20-16-9-18-17(22-19(23-18)28-11-27(24,25)26)8-15(16)13-5-3-12(4-6-13)14-2-1-7-21-10-14/h1-10H,11H2,(H,22,23)(H2,24,25,26). The molecule has 2 heterocycles. The lowest BCUT2D eigenvalue weighted by Crippen LogP contribution is -1.83. The van der Waals surface area contributed by atoms with Crippen molar-refractivity contribution in [1.82, 2.24) is 15.0 Å². The molecule has 0 aliphatic carbocycles.